The molecule has 4 aromatic rings. The maximum atomic E-state index is 14.1. The fourth-order valence-corrected chi connectivity index (χ4v) is 5.82. The van der Waals surface area contributed by atoms with E-state index in [1.807, 2.05) is 83.8 Å². The number of hydrogen-bond donors (Lipinski definition) is 3. The summed E-state index contributed by atoms with van der Waals surface area (Å²) in [5.74, 6) is 0.323. The summed E-state index contributed by atoms with van der Waals surface area (Å²) in [6.07, 6.45) is 4.80. The predicted octanol–water partition coefficient (Wildman–Crippen LogP) is 4.90. The van der Waals surface area contributed by atoms with Crippen molar-refractivity contribution >= 4 is 23.5 Å². The largest absolute Gasteiger partial charge is 0.496 e. The van der Waals surface area contributed by atoms with Crippen molar-refractivity contribution in [2.24, 2.45) is 5.73 Å². The lowest BCUT2D eigenvalue weighted by atomic mass is 9.88. The zero-order valence-electron chi connectivity index (χ0n) is 27.7. The minimum absolute atomic E-state index is 0. The van der Waals surface area contributed by atoms with Crippen LogP contribution in [0.2, 0.25) is 0 Å². The Hall–Kier alpha value is -5.00. The first-order valence-corrected chi connectivity index (χ1v) is 16.2. The van der Waals surface area contributed by atoms with Gasteiger partial charge in [0, 0.05) is 19.3 Å². The molecule has 5 rings (SSSR count). The molecule has 49 heavy (non-hydrogen) atoms. The Morgan fingerprint density at radius 3 is 2.24 bits per heavy atom. The van der Waals surface area contributed by atoms with Crippen molar-refractivity contribution in [3.63, 3.8) is 0 Å². The van der Waals surface area contributed by atoms with Gasteiger partial charge in [-0.25, -0.2) is 4.98 Å². The van der Waals surface area contributed by atoms with E-state index in [1.165, 1.54) is 6.33 Å². The molecule has 11 heteroatoms. The zero-order valence-corrected chi connectivity index (χ0v) is 27.7. The van der Waals surface area contributed by atoms with Crippen LogP contribution in [0.3, 0.4) is 0 Å². The smallest absolute Gasteiger partial charge is 0.250 e. The standard InChI is InChI=1S/C37H44N6O5.CH4/c1-37(2,38)36(46)40-30(24-48-23-26-12-6-4-7-13-26)34(44)41-32-22-43(25-39-32)33(28-14-8-5-9-15-28)35(45)42-20-18-27(19-21-42)29-16-10-11-17-31(29)47-3;/h4-17,22,25,27,30,33H,18-21,23-24,38H2,1-3H3,(H,40,46)(H,41,44);1H4/t30-,33?;/m1./s1. The van der Waals surface area contributed by atoms with Crippen molar-refractivity contribution in [2.75, 3.05) is 32.1 Å². The van der Waals surface area contributed by atoms with E-state index in [0.29, 0.717) is 19.0 Å². The van der Waals surface area contributed by atoms with Crippen LogP contribution in [0.15, 0.2) is 97.5 Å². The number of likely N-dealkylation sites (tertiary alicyclic amines) is 1. The molecule has 0 bridgehead atoms. The van der Waals surface area contributed by atoms with Gasteiger partial charge in [0.1, 0.15) is 17.8 Å². The lowest BCUT2D eigenvalue weighted by molar-refractivity contribution is -0.134. The monoisotopic (exact) mass is 668 g/mol. The topological polar surface area (TPSA) is 141 Å². The normalized spacial score (nSPS) is 14.7. The number of nitrogens with one attached hydrogen (secondary N) is 2. The molecule has 1 saturated heterocycles. The molecule has 1 fully saturated rings. The lowest BCUT2D eigenvalue weighted by Gasteiger charge is -2.35. The first-order chi connectivity index (χ1) is 23.1. The van der Waals surface area contributed by atoms with Gasteiger partial charge < -0.3 is 35.3 Å². The number of para-hydroxylation sites is 1. The van der Waals surface area contributed by atoms with Crippen molar-refractivity contribution in [3.8, 4) is 5.75 Å². The number of rotatable bonds is 13. The van der Waals surface area contributed by atoms with Crippen LogP contribution >= 0.6 is 0 Å². The number of methoxy groups -OCH3 is 1. The Bertz CT molecular complexity index is 1660. The highest BCUT2D eigenvalue weighted by Gasteiger charge is 2.33. The molecule has 1 aliphatic heterocycles. The number of carbonyl (C=O) groups is 3. The van der Waals surface area contributed by atoms with Crippen molar-refractivity contribution < 1.29 is 23.9 Å². The van der Waals surface area contributed by atoms with Crippen LogP contribution in [0.1, 0.15) is 62.8 Å². The second-order valence-corrected chi connectivity index (χ2v) is 12.6. The van der Waals surface area contributed by atoms with E-state index in [0.717, 1.165) is 35.3 Å². The summed E-state index contributed by atoms with van der Waals surface area (Å²) in [5.41, 5.74) is 7.68. The van der Waals surface area contributed by atoms with Crippen molar-refractivity contribution in [2.45, 2.75) is 64.3 Å². The Kier molecular flexibility index (Phi) is 12.7. The van der Waals surface area contributed by atoms with Crippen LogP contribution in [0, 0.1) is 0 Å². The van der Waals surface area contributed by atoms with Gasteiger partial charge in [-0.3, -0.25) is 14.4 Å². The van der Waals surface area contributed by atoms with Crippen molar-refractivity contribution in [1.82, 2.24) is 19.8 Å². The number of aromatic nitrogens is 2. The number of anilines is 1. The number of ether oxygens (including phenoxy) is 2. The summed E-state index contributed by atoms with van der Waals surface area (Å²) < 4.78 is 13.1. The number of piperidine rings is 1. The fourth-order valence-electron chi connectivity index (χ4n) is 5.82. The van der Waals surface area contributed by atoms with E-state index in [2.05, 4.69) is 21.7 Å². The molecule has 0 spiro atoms. The van der Waals surface area contributed by atoms with Gasteiger partial charge >= 0.3 is 0 Å². The molecule has 3 amide bonds. The summed E-state index contributed by atoms with van der Waals surface area (Å²) in [6.45, 7) is 4.50. The third-order valence-corrected chi connectivity index (χ3v) is 8.49. The van der Waals surface area contributed by atoms with E-state index < -0.39 is 29.4 Å². The van der Waals surface area contributed by atoms with Crippen molar-refractivity contribution in [3.05, 3.63) is 114 Å². The molecular weight excluding hydrogens is 620 g/mol. The fraction of sp³-hybridized carbons (Fsp3) is 0.368. The summed E-state index contributed by atoms with van der Waals surface area (Å²) in [5, 5.41) is 5.48. The number of imidazole rings is 1. The van der Waals surface area contributed by atoms with E-state index in [4.69, 9.17) is 15.2 Å². The minimum Gasteiger partial charge on any atom is -0.496 e. The number of hydrogen-bond acceptors (Lipinski definition) is 7. The second kappa shape index (κ2) is 16.9. The van der Waals surface area contributed by atoms with Crippen LogP contribution in [-0.2, 0) is 25.7 Å². The maximum absolute atomic E-state index is 14.1. The average molecular weight is 669 g/mol. The molecule has 0 aliphatic carbocycles. The third-order valence-electron chi connectivity index (χ3n) is 8.49. The molecule has 3 aromatic carbocycles. The number of carbonyl (C=O) groups excluding carboxylic acids is 3. The number of benzene rings is 3. The number of amides is 3. The molecule has 2 heterocycles. The lowest BCUT2D eigenvalue weighted by Crippen LogP contribution is -2.56. The molecule has 1 aromatic heterocycles. The molecule has 0 saturated carbocycles. The van der Waals surface area contributed by atoms with Gasteiger partial charge in [-0.2, -0.15) is 0 Å². The first kappa shape index (κ1) is 36.8. The molecular formula is C38H48N6O5. The Morgan fingerprint density at radius 2 is 1.59 bits per heavy atom. The highest BCUT2D eigenvalue weighted by Crippen LogP contribution is 2.35. The third kappa shape index (κ3) is 9.55. The van der Waals surface area contributed by atoms with Gasteiger partial charge in [-0.1, -0.05) is 86.3 Å². The second-order valence-electron chi connectivity index (χ2n) is 12.6. The summed E-state index contributed by atoms with van der Waals surface area (Å²) in [6, 6.07) is 25.4. The maximum Gasteiger partial charge on any atom is 0.250 e. The first-order valence-electron chi connectivity index (χ1n) is 16.2. The SMILES string of the molecule is C.COc1ccccc1C1CCN(C(=O)C(c2ccccc2)n2cnc(NC(=O)[C@@H](COCc3ccccc3)NC(=O)C(C)(C)N)c2)CC1. The van der Waals surface area contributed by atoms with E-state index in [9.17, 15) is 14.4 Å². The van der Waals surface area contributed by atoms with E-state index >= 15 is 0 Å². The summed E-state index contributed by atoms with van der Waals surface area (Å²) in [4.78, 5) is 46.6. The van der Waals surface area contributed by atoms with E-state index in [-0.39, 0.29) is 32.4 Å². The van der Waals surface area contributed by atoms with Gasteiger partial charge in [-0.15, -0.1) is 0 Å². The van der Waals surface area contributed by atoms with Crippen LogP contribution < -0.4 is 21.1 Å². The van der Waals surface area contributed by atoms with Crippen molar-refractivity contribution in [1.29, 1.82) is 0 Å². The highest BCUT2D eigenvalue weighted by atomic mass is 16.5. The summed E-state index contributed by atoms with van der Waals surface area (Å²) >= 11 is 0. The molecule has 11 nitrogen and oxygen atoms in total. The minimum atomic E-state index is -1.20. The number of nitrogens with two attached hydrogens (primary N) is 1. The Morgan fingerprint density at radius 1 is 0.959 bits per heavy atom. The van der Waals surface area contributed by atoms with E-state index in [1.54, 1.807) is 31.7 Å². The number of nitrogens with zero attached hydrogens (tertiary/aromatic N) is 3. The van der Waals surface area contributed by atoms with Crippen LogP contribution in [-0.4, -0.2) is 70.6 Å². The average Bonchev–Trinajstić information content (AvgIpc) is 3.55. The van der Waals surface area contributed by atoms with Gasteiger partial charge in [0.2, 0.25) is 11.8 Å². The van der Waals surface area contributed by atoms with Gasteiger partial charge in [-0.05, 0) is 55.4 Å². The zero-order chi connectivity index (χ0) is 34.1. The van der Waals surface area contributed by atoms with Gasteiger partial charge in [0.05, 0.1) is 32.2 Å². The van der Waals surface area contributed by atoms with Crippen LogP contribution in [0.25, 0.3) is 0 Å². The molecule has 4 N–H and O–H groups in total. The predicted molar refractivity (Wildman–Crippen MR) is 190 cm³/mol. The Balaban J connectivity index is 0.00000541. The Labute approximate surface area is 288 Å². The molecule has 260 valence electrons. The molecule has 2 atom stereocenters. The molecule has 1 unspecified atom stereocenters. The highest BCUT2D eigenvalue weighted by molar-refractivity contribution is 5.98. The van der Waals surface area contributed by atoms with Gasteiger partial charge in [0.15, 0.2) is 5.82 Å². The quantitative estimate of drug-likeness (QED) is 0.184. The van der Waals surface area contributed by atoms with Gasteiger partial charge in [0.25, 0.3) is 5.91 Å². The molecule has 1 aliphatic rings. The van der Waals surface area contributed by atoms with Crippen LogP contribution in [0.5, 0.6) is 5.75 Å². The molecule has 0 radical (unpaired) electrons. The summed E-state index contributed by atoms with van der Waals surface area (Å²) in [7, 11) is 1.68. The van der Waals surface area contributed by atoms with Crippen LogP contribution in [0.4, 0.5) is 5.82 Å².